The van der Waals surface area contributed by atoms with Crippen LogP contribution in [0.5, 0.6) is 0 Å². The first-order valence-corrected chi connectivity index (χ1v) is 19.5. The molecule has 6 rings (SSSR count). The zero-order chi connectivity index (χ0) is 36.1. The van der Waals surface area contributed by atoms with Crippen LogP contribution in [-0.2, 0) is 32.5 Å². The molecule has 0 aliphatic carbocycles. The Bertz CT molecular complexity index is 2310. The van der Waals surface area contributed by atoms with Gasteiger partial charge in [-0.15, -0.1) is 11.6 Å². The van der Waals surface area contributed by atoms with E-state index in [1.54, 1.807) is 31.7 Å². The molecule has 0 amide bonds. The molecule has 0 bridgehead atoms. The monoisotopic (exact) mass is 764 g/mol. The summed E-state index contributed by atoms with van der Waals surface area (Å²) in [5.74, 6) is 0.302. The number of nitrogens with zero attached hydrogens (tertiary/aromatic N) is 7. The van der Waals surface area contributed by atoms with E-state index in [-0.39, 0.29) is 10.6 Å². The normalized spacial score (nSPS) is 11.4. The van der Waals surface area contributed by atoms with E-state index in [1.165, 1.54) is 28.2 Å². The fourth-order valence-electron chi connectivity index (χ4n) is 4.71. The molecule has 0 atom stereocenters. The molecule has 0 fully saturated rings. The third kappa shape index (κ3) is 9.82. The van der Waals surface area contributed by atoms with Gasteiger partial charge in [0.25, 0.3) is 0 Å². The predicted octanol–water partition coefficient (Wildman–Crippen LogP) is 6.58. The van der Waals surface area contributed by atoms with Crippen LogP contribution in [0.1, 0.15) is 22.3 Å². The van der Waals surface area contributed by atoms with Gasteiger partial charge in [0, 0.05) is 55.5 Å². The molecule has 260 valence electrons. The van der Waals surface area contributed by atoms with E-state index >= 15 is 0 Å². The van der Waals surface area contributed by atoms with E-state index in [2.05, 4.69) is 24.9 Å². The Hall–Kier alpha value is -3.95. The number of aryl methyl sites for hydroxylation is 2. The van der Waals surface area contributed by atoms with Gasteiger partial charge in [-0.1, -0.05) is 35.4 Å². The van der Waals surface area contributed by atoms with Crippen molar-refractivity contribution in [3.63, 3.8) is 0 Å². The zero-order valence-corrected chi connectivity index (χ0v) is 31.5. The van der Waals surface area contributed by atoms with Crippen LogP contribution in [0.2, 0.25) is 10.6 Å². The summed E-state index contributed by atoms with van der Waals surface area (Å²) in [4.78, 5) is 18.9. The summed E-state index contributed by atoms with van der Waals surface area (Å²) in [5.41, 5.74) is 6.60. The highest BCUT2D eigenvalue weighted by atomic mass is 35.5. The Morgan fingerprint density at radius 1 is 0.755 bits per heavy atom. The van der Waals surface area contributed by atoms with Crippen LogP contribution < -0.4 is 8.61 Å². The van der Waals surface area contributed by atoms with E-state index in [0.717, 1.165) is 38.7 Å². The van der Waals surface area contributed by atoms with Gasteiger partial charge in [0.15, 0.2) is 0 Å². The minimum absolute atomic E-state index is 0.181. The fourth-order valence-corrected chi connectivity index (χ4v) is 6.26. The summed E-state index contributed by atoms with van der Waals surface area (Å²) in [7, 11) is -3.49. The molecular formula is C32H35Cl3N8O4S2. The highest BCUT2D eigenvalue weighted by Gasteiger charge is 2.17. The van der Waals surface area contributed by atoms with Gasteiger partial charge < -0.3 is 9.55 Å². The second-order valence-corrected chi connectivity index (χ2v) is 16.1. The summed E-state index contributed by atoms with van der Waals surface area (Å²) in [6.45, 7) is 4.40. The summed E-state index contributed by atoms with van der Waals surface area (Å²) < 4.78 is 51.0. The van der Waals surface area contributed by atoms with Gasteiger partial charge in [0.05, 0.1) is 30.4 Å². The quantitative estimate of drug-likeness (QED) is 0.142. The number of hydrogen-bond donors (Lipinski definition) is 1. The van der Waals surface area contributed by atoms with Crippen molar-refractivity contribution in [3.05, 3.63) is 106 Å². The van der Waals surface area contributed by atoms with Gasteiger partial charge in [0.2, 0.25) is 30.6 Å². The zero-order valence-electron chi connectivity index (χ0n) is 27.6. The number of H-pyrrole nitrogens is 1. The number of aromatic nitrogens is 6. The molecule has 0 saturated carbocycles. The molecule has 0 saturated heterocycles. The van der Waals surface area contributed by atoms with Crippen LogP contribution >= 0.6 is 34.8 Å². The second kappa shape index (κ2) is 15.7. The maximum atomic E-state index is 11.9. The Balaban J connectivity index is 0.000000183. The molecule has 2 aromatic carbocycles. The first-order valence-electron chi connectivity index (χ1n) is 14.5. The Morgan fingerprint density at radius 3 is 1.86 bits per heavy atom. The molecule has 49 heavy (non-hydrogen) atoms. The van der Waals surface area contributed by atoms with Gasteiger partial charge in [0.1, 0.15) is 11.3 Å². The summed E-state index contributed by atoms with van der Waals surface area (Å²) in [5, 5.41) is 2.31. The van der Waals surface area contributed by atoms with Crippen LogP contribution in [0, 0.1) is 13.8 Å². The number of alkyl halides is 1. The van der Waals surface area contributed by atoms with Crippen LogP contribution in [0.4, 0.5) is 11.4 Å². The molecule has 0 unspecified atom stereocenters. The lowest BCUT2D eigenvalue weighted by Crippen LogP contribution is -2.26. The lowest BCUT2D eigenvalue weighted by atomic mass is 10.1. The summed E-state index contributed by atoms with van der Waals surface area (Å²) >= 11 is 17.2. The molecule has 4 heterocycles. The third-order valence-electron chi connectivity index (χ3n) is 7.37. The molecule has 0 aliphatic rings. The largest absolute Gasteiger partial charge is 0.346 e. The van der Waals surface area contributed by atoms with Gasteiger partial charge in [-0.3, -0.25) is 8.61 Å². The number of fused-ring (bicyclic) bond motifs is 2. The first-order chi connectivity index (χ1) is 23.0. The predicted molar refractivity (Wildman–Crippen MR) is 199 cm³/mol. The van der Waals surface area contributed by atoms with Crippen molar-refractivity contribution in [2.24, 2.45) is 0 Å². The number of nitrogens with one attached hydrogen (secondary N) is 1. The van der Waals surface area contributed by atoms with Crippen LogP contribution in [0.3, 0.4) is 0 Å². The van der Waals surface area contributed by atoms with Gasteiger partial charge in [-0.05, 0) is 72.4 Å². The third-order valence-corrected chi connectivity index (χ3v) is 10.4. The second-order valence-electron chi connectivity index (χ2n) is 11.1. The average Bonchev–Trinajstić information content (AvgIpc) is 3.66. The summed E-state index contributed by atoms with van der Waals surface area (Å²) in [6, 6.07) is 15.0. The topological polar surface area (TPSA) is 147 Å². The number of sulfonamides is 2. The van der Waals surface area contributed by atoms with E-state index in [0.29, 0.717) is 29.4 Å². The minimum atomic E-state index is -3.34. The molecule has 4 aromatic heterocycles. The van der Waals surface area contributed by atoms with E-state index in [9.17, 15) is 16.8 Å². The summed E-state index contributed by atoms with van der Waals surface area (Å²) in [6.07, 6.45) is 9.40. The number of halogens is 3. The van der Waals surface area contributed by atoms with Crippen LogP contribution in [-0.4, -0.2) is 72.9 Å². The fraction of sp³-hybridized carbons (Fsp3) is 0.250. The molecule has 0 radical (unpaired) electrons. The molecule has 0 spiro atoms. The number of hydrogen-bond acceptors (Lipinski definition) is 8. The molecule has 6 aromatic rings. The molecule has 0 aliphatic heterocycles. The van der Waals surface area contributed by atoms with Crippen molar-refractivity contribution < 1.29 is 16.8 Å². The van der Waals surface area contributed by atoms with Gasteiger partial charge in [-0.25, -0.2) is 26.8 Å². The lowest BCUT2D eigenvalue weighted by Gasteiger charge is -2.21. The molecule has 1 N–H and O–H groups in total. The smallest absolute Gasteiger partial charge is 0.232 e. The molecular weight excluding hydrogens is 731 g/mol. The van der Waals surface area contributed by atoms with Crippen molar-refractivity contribution in [2.75, 3.05) is 35.2 Å². The SMILES string of the molecule is Cc1ccc(N(C)S(C)(=O)=O)c(CCl)c1.Cc1ccc(N(C)S(C)(=O)=O)c(Cn2ccc3cnc(Cl)nc32)c1.Clc1ncc2cc[nH]c2n1. The van der Waals surface area contributed by atoms with Crippen molar-refractivity contribution in [3.8, 4) is 0 Å². The Labute approximate surface area is 300 Å². The highest BCUT2D eigenvalue weighted by molar-refractivity contribution is 7.92. The van der Waals surface area contributed by atoms with Crippen molar-refractivity contribution in [1.29, 1.82) is 0 Å². The van der Waals surface area contributed by atoms with E-state index < -0.39 is 20.0 Å². The number of rotatable bonds is 7. The standard InChI is InChI=1S/C16H17ClN4O2S.C10H14ClNO2S.C6H4ClN3/c1-11-4-5-14(20(2)24(3,22)23)13(8-11)10-21-7-6-12-9-18-16(17)19-15(12)21;1-8-4-5-10(9(6-8)7-11)12(2)15(3,13)14;7-6-9-3-4-1-2-8-5(4)10-6/h4-9H,10H2,1-3H3;4-6H,7H2,1-3H3;1-3H,(H,8,9,10). The molecule has 12 nitrogen and oxygen atoms in total. The lowest BCUT2D eigenvalue weighted by molar-refractivity contribution is 0.598. The van der Waals surface area contributed by atoms with E-state index in [4.69, 9.17) is 34.8 Å². The van der Waals surface area contributed by atoms with E-state index in [1.807, 2.05) is 67.1 Å². The minimum Gasteiger partial charge on any atom is -0.346 e. The maximum absolute atomic E-state index is 11.9. The highest BCUT2D eigenvalue weighted by Crippen LogP contribution is 2.26. The van der Waals surface area contributed by atoms with Crippen LogP contribution in [0.25, 0.3) is 22.1 Å². The Kier molecular flexibility index (Phi) is 12.2. The molecule has 17 heteroatoms. The first kappa shape index (κ1) is 37.9. The van der Waals surface area contributed by atoms with Gasteiger partial charge in [-0.2, -0.15) is 9.97 Å². The van der Waals surface area contributed by atoms with Crippen molar-refractivity contribution in [1.82, 2.24) is 29.5 Å². The van der Waals surface area contributed by atoms with Gasteiger partial charge >= 0.3 is 0 Å². The number of aromatic amines is 1. The number of anilines is 2. The number of benzene rings is 2. The average molecular weight is 766 g/mol. The Morgan fingerprint density at radius 2 is 1.29 bits per heavy atom. The van der Waals surface area contributed by atoms with Crippen LogP contribution in [0.15, 0.2) is 73.3 Å². The maximum Gasteiger partial charge on any atom is 0.232 e. The van der Waals surface area contributed by atoms with Crippen molar-refractivity contribution in [2.45, 2.75) is 26.3 Å². The van der Waals surface area contributed by atoms with Crippen molar-refractivity contribution >= 4 is 88.3 Å².